The summed E-state index contributed by atoms with van der Waals surface area (Å²) >= 11 is 0. The number of fused-ring (bicyclic) bond motifs is 5. The fourth-order valence-corrected chi connectivity index (χ4v) is 7.46. The van der Waals surface area contributed by atoms with E-state index in [1.165, 1.54) is 38.5 Å². The number of hydrogen-bond donors (Lipinski definition) is 2. The maximum atomic E-state index is 10.4. The zero-order valence-corrected chi connectivity index (χ0v) is 24.1. The van der Waals surface area contributed by atoms with Gasteiger partial charge in [-0.2, -0.15) is 15.0 Å². The predicted octanol–water partition coefficient (Wildman–Crippen LogP) is 4.38. The van der Waals surface area contributed by atoms with E-state index in [0.717, 1.165) is 42.8 Å². The number of nitrogens with one attached hydrogen (secondary N) is 1. The Bertz CT molecular complexity index is 1590. The highest BCUT2D eigenvalue weighted by Crippen LogP contribution is 2.40. The van der Waals surface area contributed by atoms with Crippen molar-refractivity contribution in [2.45, 2.75) is 56.1 Å². The molecule has 216 valence electrons. The molecule has 4 fully saturated rings. The van der Waals surface area contributed by atoms with Gasteiger partial charge in [0.25, 0.3) is 0 Å². The van der Waals surface area contributed by atoms with Gasteiger partial charge < -0.3 is 24.8 Å². The Hall–Kier alpha value is -3.34. The number of aromatic hydroxyl groups is 1. The molecule has 0 radical (unpaired) electrons. The summed E-state index contributed by atoms with van der Waals surface area (Å²) in [6.45, 7) is 4.68. The van der Waals surface area contributed by atoms with E-state index in [0.29, 0.717) is 47.6 Å². The number of anilines is 1. The van der Waals surface area contributed by atoms with Gasteiger partial charge in [-0.05, 0) is 63.1 Å². The van der Waals surface area contributed by atoms with Crippen LogP contribution in [0.1, 0.15) is 38.5 Å². The van der Waals surface area contributed by atoms with Crippen LogP contribution in [0.3, 0.4) is 0 Å². The van der Waals surface area contributed by atoms with Crippen LogP contribution in [0.2, 0.25) is 0 Å². The molecule has 11 heteroatoms. The molecule has 41 heavy (non-hydrogen) atoms. The molecule has 2 aromatic carbocycles. The highest BCUT2D eigenvalue weighted by Gasteiger charge is 2.45. The minimum absolute atomic E-state index is 0. The third kappa shape index (κ3) is 4.52. The number of imidazole rings is 1. The summed E-state index contributed by atoms with van der Waals surface area (Å²) in [6.07, 6.45) is 7.15. The van der Waals surface area contributed by atoms with Crippen LogP contribution in [-0.2, 0) is 7.05 Å². The molecule has 2 atom stereocenters. The number of phenols is 1. The minimum atomic E-state index is 0. The van der Waals surface area contributed by atoms with E-state index >= 15 is 0 Å². The molecule has 4 aromatic rings. The lowest BCUT2D eigenvalue weighted by molar-refractivity contribution is 0.108. The lowest BCUT2D eigenvalue weighted by atomic mass is 9.95. The maximum Gasteiger partial charge on any atom is 0.320 e. The van der Waals surface area contributed by atoms with Gasteiger partial charge in [-0.15, -0.1) is 12.4 Å². The summed E-state index contributed by atoms with van der Waals surface area (Å²) in [5.74, 6) is 1.49. The number of rotatable bonds is 6. The van der Waals surface area contributed by atoms with E-state index in [1.54, 1.807) is 12.1 Å². The summed E-state index contributed by atoms with van der Waals surface area (Å²) in [4.78, 5) is 19.7. The van der Waals surface area contributed by atoms with Crippen molar-refractivity contribution in [1.82, 2.24) is 29.7 Å². The van der Waals surface area contributed by atoms with Crippen LogP contribution < -0.4 is 19.7 Å². The van der Waals surface area contributed by atoms with E-state index in [4.69, 9.17) is 24.4 Å². The second-order valence-electron chi connectivity index (χ2n) is 12.0. The van der Waals surface area contributed by atoms with Crippen LogP contribution in [0, 0.1) is 0 Å². The summed E-state index contributed by atoms with van der Waals surface area (Å²) in [5.41, 5.74) is 1.50. The standard InChI is InChI=1S/C30H35N7O3.ClH/c1-35-26-25(32-29(35)40-24-15-22(38)14-19-6-2-3-7-23(19)24)27(36-16-20-8-9-21(17-36)31-20)34-28(33-26)39-18-30-10-4-12-37(30)13-5-11-30;/h2-3,6-7,14-15,20-21,31,38H,4-5,8-13,16-18H2,1H3;1H. The molecule has 0 amide bonds. The van der Waals surface area contributed by atoms with Crippen LogP contribution in [0.5, 0.6) is 23.5 Å². The van der Waals surface area contributed by atoms with Crippen molar-refractivity contribution in [3.8, 4) is 23.5 Å². The third-order valence-corrected chi connectivity index (χ3v) is 9.45. The minimum Gasteiger partial charge on any atom is -0.508 e. The molecular formula is C30H36ClN7O3. The number of halogens is 1. The van der Waals surface area contributed by atoms with E-state index in [1.807, 2.05) is 35.9 Å². The fraction of sp³-hybridized carbons (Fsp3) is 0.500. The van der Waals surface area contributed by atoms with Gasteiger partial charge in [0.1, 0.15) is 18.1 Å². The highest BCUT2D eigenvalue weighted by molar-refractivity contribution is 5.90. The Morgan fingerprint density at radius 1 is 1.02 bits per heavy atom. The number of aryl methyl sites for hydroxylation is 1. The number of ether oxygens (including phenoxy) is 2. The van der Waals surface area contributed by atoms with Crippen LogP contribution in [-0.4, -0.2) is 79.9 Å². The van der Waals surface area contributed by atoms with Crippen molar-refractivity contribution in [2.75, 3.05) is 37.7 Å². The molecule has 2 unspecified atom stereocenters. The van der Waals surface area contributed by atoms with Crippen molar-refractivity contribution in [2.24, 2.45) is 7.05 Å². The first kappa shape index (κ1) is 26.6. The van der Waals surface area contributed by atoms with Gasteiger partial charge in [-0.3, -0.25) is 9.47 Å². The van der Waals surface area contributed by atoms with Crippen molar-refractivity contribution in [3.05, 3.63) is 36.4 Å². The van der Waals surface area contributed by atoms with E-state index in [-0.39, 0.29) is 23.7 Å². The van der Waals surface area contributed by atoms with Crippen molar-refractivity contribution >= 4 is 40.2 Å². The lowest BCUT2D eigenvalue weighted by Gasteiger charge is -2.34. The lowest BCUT2D eigenvalue weighted by Crippen LogP contribution is -2.51. The number of piperazine rings is 1. The van der Waals surface area contributed by atoms with Gasteiger partial charge in [0, 0.05) is 43.7 Å². The molecular weight excluding hydrogens is 542 g/mol. The molecule has 10 nitrogen and oxygen atoms in total. The Morgan fingerprint density at radius 3 is 2.56 bits per heavy atom. The molecule has 8 rings (SSSR count). The van der Waals surface area contributed by atoms with E-state index in [2.05, 4.69) is 15.1 Å². The normalized spacial score (nSPS) is 23.2. The van der Waals surface area contributed by atoms with Crippen LogP contribution in [0.25, 0.3) is 21.9 Å². The molecule has 0 aliphatic carbocycles. The van der Waals surface area contributed by atoms with Crippen molar-refractivity contribution in [1.29, 1.82) is 0 Å². The SMILES string of the molecule is Cl.Cn1c(Oc2cc(O)cc3ccccc23)nc2c(N3CC4CCC(C3)N4)nc(OCC34CCCN3CCC4)nc21. The zero-order valence-electron chi connectivity index (χ0n) is 23.3. The Balaban J connectivity index is 0.00000276. The Labute approximate surface area is 245 Å². The van der Waals surface area contributed by atoms with Gasteiger partial charge in [-0.1, -0.05) is 24.3 Å². The topological polar surface area (TPSA) is 101 Å². The number of aromatic nitrogens is 4. The Kier molecular flexibility index (Phi) is 6.59. The van der Waals surface area contributed by atoms with Gasteiger partial charge in [0.05, 0.1) is 5.54 Å². The van der Waals surface area contributed by atoms with Crippen molar-refractivity contribution < 1.29 is 14.6 Å². The fourth-order valence-electron chi connectivity index (χ4n) is 7.46. The van der Waals surface area contributed by atoms with Crippen LogP contribution >= 0.6 is 12.4 Å². The molecule has 4 aliphatic rings. The smallest absolute Gasteiger partial charge is 0.320 e. The van der Waals surface area contributed by atoms with E-state index < -0.39 is 0 Å². The number of nitrogens with zero attached hydrogens (tertiary/aromatic N) is 6. The third-order valence-electron chi connectivity index (χ3n) is 9.45. The monoisotopic (exact) mass is 577 g/mol. The quantitative estimate of drug-likeness (QED) is 0.346. The van der Waals surface area contributed by atoms with Crippen LogP contribution in [0.4, 0.5) is 5.82 Å². The van der Waals surface area contributed by atoms with Gasteiger partial charge >= 0.3 is 12.0 Å². The second kappa shape index (κ2) is 10.2. The average molecular weight is 578 g/mol. The average Bonchev–Trinajstić information content (AvgIpc) is 3.70. The number of hydrogen-bond acceptors (Lipinski definition) is 9. The Morgan fingerprint density at radius 2 is 1.78 bits per heavy atom. The summed E-state index contributed by atoms with van der Waals surface area (Å²) in [6, 6.07) is 12.9. The summed E-state index contributed by atoms with van der Waals surface area (Å²) in [5, 5.41) is 15.9. The first-order chi connectivity index (χ1) is 19.5. The molecule has 2 bridgehead atoms. The maximum absolute atomic E-state index is 10.4. The summed E-state index contributed by atoms with van der Waals surface area (Å²) in [7, 11) is 1.91. The molecule has 2 aromatic heterocycles. The number of phenolic OH excluding ortho intramolecular Hbond substituents is 1. The molecule has 4 aliphatic heterocycles. The predicted molar refractivity (Wildman–Crippen MR) is 160 cm³/mol. The molecule has 0 saturated carbocycles. The molecule has 2 N–H and O–H groups in total. The van der Waals surface area contributed by atoms with Gasteiger partial charge in [0.2, 0.25) is 0 Å². The second-order valence-corrected chi connectivity index (χ2v) is 12.0. The van der Waals surface area contributed by atoms with Gasteiger partial charge in [0.15, 0.2) is 17.0 Å². The van der Waals surface area contributed by atoms with Crippen LogP contribution in [0.15, 0.2) is 36.4 Å². The van der Waals surface area contributed by atoms with E-state index in [9.17, 15) is 5.11 Å². The molecule has 6 heterocycles. The first-order valence-corrected chi connectivity index (χ1v) is 14.6. The molecule has 4 saturated heterocycles. The van der Waals surface area contributed by atoms with Crippen molar-refractivity contribution in [3.63, 3.8) is 0 Å². The first-order valence-electron chi connectivity index (χ1n) is 14.6. The number of benzene rings is 2. The molecule has 0 spiro atoms. The zero-order chi connectivity index (χ0) is 26.8. The van der Waals surface area contributed by atoms with Gasteiger partial charge in [-0.25, -0.2) is 0 Å². The highest BCUT2D eigenvalue weighted by atomic mass is 35.5. The largest absolute Gasteiger partial charge is 0.508 e. The summed E-state index contributed by atoms with van der Waals surface area (Å²) < 4.78 is 14.7.